The third-order valence-electron chi connectivity index (χ3n) is 2.79. The van der Waals surface area contributed by atoms with E-state index in [4.69, 9.17) is 9.47 Å². The first-order valence-corrected chi connectivity index (χ1v) is 6.99. The number of nitrogens with zero attached hydrogens (tertiary/aromatic N) is 1. The van der Waals surface area contributed by atoms with E-state index in [9.17, 15) is 5.11 Å². The predicted molar refractivity (Wildman–Crippen MR) is 79.9 cm³/mol. The van der Waals surface area contributed by atoms with Crippen molar-refractivity contribution in [2.45, 2.75) is 19.6 Å². The molecule has 4 nitrogen and oxygen atoms in total. The molecule has 0 saturated heterocycles. The number of aliphatic hydroxyl groups excluding tert-OH is 1. The van der Waals surface area contributed by atoms with Crippen LogP contribution in [-0.2, 0) is 6.61 Å². The zero-order valence-corrected chi connectivity index (χ0v) is 12.9. The molecule has 5 heteroatoms. The van der Waals surface area contributed by atoms with E-state index >= 15 is 0 Å². The Balaban J connectivity index is 2.14. The van der Waals surface area contributed by atoms with E-state index in [2.05, 4.69) is 20.9 Å². The second-order valence-electron chi connectivity index (χ2n) is 4.32. The molecule has 1 N–H and O–H groups in total. The second kappa shape index (κ2) is 6.72. The van der Waals surface area contributed by atoms with Gasteiger partial charge in [0.25, 0.3) is 0 Å². The third-order valence-corrected chi connectivity index (χ3v) is 3.28. The van der Waals surface area contributed by atoms with Gasteiger partial charge in [0.05, 0.1) is 18.9 Å². The summed E-state index contributed by atoms with van der Waals surface area (Å²) in [6, 6.07) is 11.1. The molecule has 1 aromatic heterocycles. The van der Waals surface area contributed by atoms with Crippen molar-refractivity contribution in [2.24, 2.45) is 0 Å². The van der Waals surface area contributed by atoms with Crippen molar-refractivity contribution in [2.75, 3.05) is 7.11 Å². The Kier molecular flexibility index (Phi) is 4.98. The molecule has 0 saturated carbocycles. The molecule has 0 bridgehead atoms. The SMILES string of the molecule is COc1cccc(COc2ccc(Br)cc2[C@H](C)O)n1. The van der Waals surface area contributed by atoms with Gasteiger partial charge in [-0.2, -0.15) is 0 Å². The lowest BCUT2D eigenvalue weighted by atomic mass is 10.1. The zero-order valence-electron chi connectivity index (χ0n) is 11.3. The first kappa shape index (κ1) is 14.8. The zero-order chi connectivity index (χ0) is 14.5. The van der Waals surface area contributed by atoms with Crippen LogP contribution < -0.4 is 9.47 Å². The summed E-state index contributed by atoms with van der Waals surface area (Å²) in [5, 5.41) is 9.77. The van der Waals surface area contributed by atoms with Gasteiger partial charge in [-0.3, -0.25) is 0 Å². The molecule has 2 aromatic rings. The molecule has 0 fully saturated rings. The number of aromatic nitrogens is 1. The summed E-state index contributed by atoms with van der Waals surface area (Å²) in [5.74, 6) is 1.20. The molecule has 1 heterocycles. The van der Waals surface area contributed by atoms with E-state index in [0.717, 1.165) is 15.7 Å². The van der Waals surface area contributed by atoms with Crippen LogP contribution in [0.1, 0.15) is 24.3 Å². The van der Waals surface area contributed by atoms with Crippen molar-refractivity contribution in [3.8, 4) is 11.6 Å². The molecule has 20 heavy (non-hydrogen) atoms. The summed E-state index contributed by atoms with van der Waals surface area (Å²) >= 11 is 3.38. The number of aliphatic hydroxyl groups is 1. The first-order chi connectivity index (χ1) is 9.60. The summed E-state index contributed by atoms with van der Waals surface area (Å²) in [7, 11) is 1.58. The largest absolute Gasteiger partial charge is 0.487 e. The fourth-order valence-electron chi connectivity index (χ4n) is 1.78. The highest BCUT2D eigenvalue weighted by molar-refractivity contribution is 9.10. The van der Waals surface area contributed by atoms with E-state index in [0.29, 0.717) is 18.2 Å². The minimum Gasteiger partial charge on any atom is -0.487 e. The summed E-state index contributed by atoms with van der Waals surface area (Å²) in [6.45, 7) is 2.02. The molecule has 1 aromatic carbocycles. The molecule has 0 aliphatic carbocycles. The van der Waals surface area contributed by atoms with Crippen molar-refractivity contribution in [3.63, 3.8) is 0 Å². The van der Waals surface area contributed by atoms with Crippen LogP contribution in [0, 0.1) is 0 Å². The monoisotopic (exact) mass is 337 g/mol. The van der Waals surface area contributed by atoms with Crippen LogP contribution in [0.25, 0.3) is 0 Å². The smallest absolute Gasteiger partial charge is 0.213 e. The van der Waals surface area contributed by atoms with Crippen LogP contribution in [0.2, 0.25) is 0 Å². The van der Waals surface area contributed by atoms with E-state index in [1.807, 2.05) is 30.3 Å². The molecule has 2 rings (SSSR count). The molecule has 0 amide bonds. The van der Waals surface area contributed by atoms with Crippen molar-refractivity contribution >= 4 is 15.9 Å². The lowest BCUT2D eigenvalue weighted by molar-refractivity contribution is 0.189. The number of methoxy groups -OCH3 is 1. The molecule has 106 valence electrons. The van der Waals surface area contributed by atoms with E-state index < -0.39 is 6.10 Å². The van der Waals surface area contributed by atoms with Crippen molar-refractivity contribution in [1.29, 1.82) is 0 Å². The van der Waals surface area contributed by atoms with Crippen LogP contribution in [0.4, 0.5) is 0 Å². The Morgan fingerprint density at radius 2 is 2.10 bits per heavy atom. The molecular formula is C15H16BrNO3. The van der Waals surface area contributed by atoms with Gasteiger partial charge in [0.2, 0.25) is 5.88 Å². The lowest BCUT2D eigenvalue weighted by Crippen LogP contribution is -2.03. The van der Waals surface area contributed by atoms with Gasteiger partial charge >= 0.3 is 0 Å². The maximum atomic E-state index is 9.77. The maximum absolute atomic E-state index is 9.77. The van der Waals surface area contributed by atoms with Crippen LogP contribution in [-0.4, -0.2) is 17.2 Å². The van der Waals surface area contributed by atoms with Gasteiger partial charge in [-0.15, -0.1) is 0 Å². The summed E-state index contributed by atoms with van der Waals surface area (Å²) < 4.78 is 11.7. The van der Waals surface area contributed by atoms with Crippen LogP contribution in [0.15, 0.2) is 40.9 Å². The van der Waals surface area contributed by atoms with E-state index in [1.165, 1.54) is 0 Å². The number of hydrogen-bond acceptors (Lipinski definition) is 4. The van der Waals surface area contributed by atoms with Crippen molar-refractivity contribution in [3.05, 3.63) is 52.1 Å². The van der Waals surface area contributed by atoms with Gasteiger partial charge < -0.3 is 14.6 Å². The van der Waals surface area contributed by atoms with Gasteiger partial charge in [-0.25, -0.2) is 4.98 Å². The Hall–Kier alpha value is -1.59. The highest BCUT2D eigenvalue weighted by Gasteiger charge is 2.10. The van der Waals surface area contributed by atoms with E-state index in [-0.39, 0.29) is 0 Å². The number of pyridine rings is 1. The average Bonchev–Trinajstić information content (AvgIpc) is 2.46. The van der Waals surface area contributed by atoms with Crippen LogP contribution >= 0.6 is 15.9 Å². The van der Waals surface area contributed by atoms with Crippen LogP contribution in [0.5, 0.6) is 11.6 Å². The first-order valence-electron chi connectivity index (χ1n) is 6.20. The Bertz CT molecular complexity index is 587. The summed E-state index contributed by atoms with van der Waals surface area (Å²) in [4.78, 5) is 4.28. The van der Waals surface area contributed by atoms with Gasteiger partial charge in [-0.05, 0) is 31.2 Å². The molecule has 0 radical (unpaired) electrons. The molecule has 0 unspecified atom stereocenters. The number of rotatable bonds is 5. The number of ether oxygens (including phenoxy) is 2. The van der Waals surface area contributed by atoms with Gasteiger partial charge in [-0.1, -0.05) is 22.0 Å². The van der Waals surface area contributed by atoms with Crippen LogP contribution in [0.3, 0.4) is 0 Å². The minimum atomic E-state index is -0.597. The topological polar surface area (TPSA) is 51.6 Å². The molecule has 1 atom stereocenters. The molecule has 0 spiro atoms. The summed E-state index contributed by atoms with van der Waals surface area (Å²) in [5.41, 5.74) is 1.51. The fraction of sp³-hybridized carbons (Fsp3) is 0.267. The minimum absolute atomic E-state index is 0.318. The average molecular weight is 338 g/mol. The second-order valence-corrected chi connectivity index (χ2v) is 5.23. The number of halogens is 1. The quantitative estimate of drug-likeness (QED) is 0.907. The third kappa shape index (κ3) is 3.71. The van der Waals surface area contributed by atoms with Crippen molar-refractivity contribution in [1.82, 2.24) is 4.98 Å². The lowest BCUT2D eigenvalue weighted by Gasteiger charge is -2.14. The number of benzene rings is 1. The molecule has 0 aliphatic heterocycles. The van der Waals surface area contributed by atoms with Gasteiger partial charge in [0.1, 0.15) is 12.4 Å². The fourth-order valence-corrected chi connectivity index (χ4v) is 2.16. The predicted octanol–water partition coefficient (Wildman–Crippen LogP) is 3.49. The highest BCUT2D eigenvalue weighted by Crippen LogP contribution is 2.29. The normalized spacial score (nSPS) is 12.0. The standard InChI is InChI=1S/C15H16BrNO3/c1-10(18)13-8-11(16)6-7-14(13)20-9-12-4-3-5-15(17-12)19-2/h3-8,10,18H,9H2,1-2H3/t10-/m0/s1. The number of hydrogen-bond donors (Lipinski definition) is 1. The Morgan fingerprint density at radius 1 is 1.30 bits per heavy atom. The Labute approximate surface area is 126 Å². The summed E-state index contributed by atoms with van der Waals surface area (Å²) in [6.07, 6.45) is -0.597. The van der Waals surface area contributed by atoms with Gasteiger partial charge in [0.15, 0.2) is 0 Å². The Morgan fingerprint density at radius 3 is 2.80 bits per heavy atom. The van der Waals surface area contributed by atoms with Gasteiger partial charge in [0, 0.05) is 16.1 Å². The van der Waals surface area contributed by atoms with E-state index in [1.54, 1.807) is 20.1 Å². The van der Waals surface area contributed by atoms with Crippen molar-refractivity contribution < 1.29 is 14.6 Å². The molecular weight excluding hydrogens is 322 g/mol. The highest BCUT2D eigenvalue weighted by atomic mass is 79.9. The molecule has 0 aliphatic rings. The maximum Gasteiger partial charge on any atom is 0.213 e.